The molecule has 0 radical (unpaired) electrons. The van der Waals surface area contributed by atoms with Crippen molar-refractivity contribution in [3.8, 4) is 0 Å². The predicted molar refractivity (Wildman–Crippen MR) is 59.9 cm³/mol. The monoisotopic (exact) mass is 242 g/mol. The highest BCUT2D eigenvalue weighted by atomic mass is 32.2. The van der Waals surface area contributed by atoms with Gasteiger partial charge in [-0.15, -0.1) is 0 Å². The third-order valence-corrected chi connectivity index (χ3v) is 3.74. The number of thioether (sulfide) groups is 1. The van der Waals surface area contributed by atoms with Crippen LogP contribution < -0.4 is 0 Å². The summed E-state index contributed by atoms with van der Waals surface area (Å²) in [5.41, 5.74) is 0.504. The van der Waals surface area contributed by atoms with Crippen LogP contribution in [0.2, 0.25) is 0 Å². The Morgan fingerprint density at radius 2 is 2.12 bits per heavy atom. The lowest BCUT2D eigenvalue weighted by molar-refractivity contribution is -0.119. The molecule has 0 aromatic heterocycles. The van der Waals surface area contributed by atoms with E-state index in [9.17, 15) is 13.6 Å². The molecule has 1 aliphatic rings. The molecule has 4 heteroatoms. The highest BCUT2D eigenvalue weighted by molar-refractivity contribution is 7.99. The van der Waals surface area contributed by atoms with Crippen molar-refractivity contribution in [1.82, 2.24) is 0 Å². The van der Waals surface area contributed by atoms with Crippen molar-refractivity contribution in [3.63, 3.8) is 0 Å². The second-order valence-electron chi connectivity index (χ2n) is 4.04. The lowest BCUT2D eigenvalue weighted by atomic mass is 9.92. The zero-order valence-electron chi connectivity index (χ0n) is 8.87. The van der Waals surface area contributed by atoms with Crippen LogP contribution in [-0.2, 0) is 10.2 Å². The van der Waals surface area contributed by atoms with Gasteiger partial charge in [0.15, 0.2) is 0 Å². The smallest absolute Gasteiger partial charge is 0.288 e. The van der Waals surface area contributed by atoms with Gasteiger partial charge >= 0.3 is 0 Å². The van der Waals surface area contributed by atoms with Crippen molar-refractivity contribution in [2.24, 2.45) is 0 Å². The van der Waals surface area contributed by atoms with Crippen molar-refractivity contribution in [1.29, 1.82) is 0 Å². The average Bonchev–Trinajstić information content (AvgIpc) is 2.97. The number of rotatable bonds is 4. The minimum absolute atomic E-state index is 0.131. The second kappa shape index (κ2) is 4.17. The van der Waals surface area contributed by atoms with E-state index in [-0.39, 0.29) is 11.2 Å². The van der Waals surface area contributed by atoms with Gasteiger partial charge in [-0.1, -0.05) is 23.9 Å². The molecule has 16 heavy (non-hydrogen) atoms. The summed E-state index contributed by atoms with van der Waals surface area (Å²) < 4.78 is 24.4. The summed E-state index contributed by atoms with van der Waals surface area (Å²) in [6.07, 6.45) is 1.68. The van der Waals surface area contributed by atoms with Gasteiger partial charge in [-0.2, -0.15) is 8.78 Å². The van der Waals surface area contributed by atoms with E-state index in [1.165, 1.54) is 0 Å². The number of hydrogen-bond acceptors (Lipinski definition) is 2. The fourth-order valence-electron chi connectivity index (χ4n) is 1.94. The number of benzene rings is 1. The zero-order chi connectivity index (χ0) is 11.8. The van der Waals surface area contributed by atoms with E-state index in [0.717, 1.165) is 18.4 Å². The molecule has 1 fully saturated rings. The molecule has 0 bridgehead atoms. The first kappa shape index (κ1) is 11.6. The molecule has 0 heterocycles. The van der Waals surface area contributed by atoms with E-state index in [1.54, 1.807) is 25.1 Å². The minimum atomic E-state index is -2.41. The van der Waals surface area contributed by atoms with Crippen LogP contribution in [0.5, 0.6) is 0 Å². The number of hydrogen-bond donors (Lipinski definition) is 0. The maximum atomic E-state index is 12.2. The Morgan fingerprint density at radius 3 is 2.62 bits per heavy atom. The van der Waals surface area contributed by atoms with Crippen molar-refractivity contribution in [2.75, 3.05) is 0 Å². The van der Waals surface area contributed by atoms with E-state index < -0.39 is 5.76 Å². The zero-order valence-corrected chi connectivity index (χ0v) is 9.69. The topological polar surface area (TPSA) is 17.1 Å². The maximum Gasteiger partial charge on any atom is 0.288 e. The van der Waals surface area contributed by atoms with Crippen LogP contribution in [0, 0.1) is 0 Å². The number of carbonyl (C=O) groups is 1. The van der Waals surface area contributed by atoms with Crippen LogP contribution in [0.25, 0.3) is 0 Å². The summed E-state index contributed by atoms with van der Waals surface area (Å²) in [7, 11) is 0. The maximum absolute atomic E-state index is 12.2. The molecule has 0 N–H and O–H groups in total. The first-order valence-corrected chi connectivity index (χ1v) is 5.99. The Hall–Kier alpha value is -0.900. The summed E-state index contributed by atoms with van der Waals surface area (Å²) in [6.45, 7) is 1.57. The standard InChI is InChI=1S/C12H12F2OS/c1-8(15)12(5-6-12)9-3-2-4-10(7-9)16-11(13)14/h2-4,7,11H,5-6H2,1H3. The first-order valence-electron chi connectivity index (χ1n) is 5.11. The highest BCUT2D eigenvalue weighted by Crippen LogP contribution is 2.49. The molecule has 0 unspecified atom stereocenters. The summed E-state index contributed by atoms with van der Waals surface area (Å²) in [5.74, 6) is -2.28. The second-order valence-corrected chi connectivity index (χ2v) is 5.11. The van der Waals surface area contributed by atoms with E-state index in [0.29, 0.717) is 16.7 Å². The Kier molecular flexibility index (Phi) is 3.02. The van der Waals surface area contributed by atoms with Crippen molar-refractivity contribution in [2.45, 2.75) is 35.8 Å². The van der Waals surface area contributed by atoms with Gasteiger partial charge in [-0.05, 0) is 37.5 Å². The molecule has 1 nitrogen and oxygen atoms in total. The number of carbonyl (C=O) groups excluding carboxylic acids is 1. The molecule has 0 spiro atoms. The Balaban J connectivity index is 2.26. The normalized spacial score (nSPS) is 17.5. The fraction of sp³-hybridized carbons (Fsp3) is 0.417. The van der Waals surface area contributed by atoms with Gasteiger partial charge in [0.2, 0.25) is 0 Å². The molecule has 2 rings (SSSR count). The van der Waals surface area contributed by atoms with Crippen molar-refractivity contribution < 1.29 is 13.6 Å². The molecule has 86 valence electrons. The molecule has 0 aliphatic heterocycles. The van der Waals surface area contributed by atoms with E-state index in [1.807, 2.05) is 6.07 Å². The van der Waals surface area contributed by atoms with E-state index in [4.69, 9.17) is 0 Å². The van der Waals surface area contributed by atoms with Gasteiger partial charge in [0.1, 0.15) is 5.78 Å². The lowest BCUT2D eigenvalue weighted by Crippen LogP contribution is -2.16. The highest BCUT2D eigenvalue weighted by Gasteiger charge is 2.48. The molecular weight excluding hydrogens is 230 g/mol. The van der Waals surface area contributed by atoms with Gasteiger partial charge in [0.25, 0.3) is 5.76 Å². The molecule has 0 atom stereocenters. The number of Topliss-reactive ketones (excluding diaryl/α,β-unsaturated/α-hetero) is 1. The first-order chi connectivity index (χ1) is 7.54. The van der Waals surface area contributed by atoms with Gasteiger partial charge in [-0.3, -0.25) is 4.79 Å². The molecule has 1 aromatic carbocycles. The van der Waals surface area contributed by atoms with Crippen molar-refractivity contribution >= 4 is 17.5 Å². The van der Waals surface area contributed by atoms with Crippen LogP contribution in [0.4, 0.5) is 8.78 Å². The number of alkyl halides is 2. The summed E-state index contributed by atoms with van der Waals surface area (Å²) >= 11 is 0.524. The predicted octanol–water partition coefficient (Wildman–Crippen LogP) is 3.62. The van der Waals surface area contributed by atoms with Crippen LogP contribution >= 0.6 is 11.8 Å². The van der Waals surface area contributed by atoms with E-state index in [2.05, 4.69) is 0 Å². The molecular formula is C12H12F2OS. The Bertz CT molecular complexity index is 413. The Labute approximate surface area is 97.2 Å². The quantitative estimate of drug-likeness (QED) is 0.750. The Morgan fingerprint density at radius 1 is 1.44 bits per heavy atom. The summed E-state index contributed by atoms with van der Waals surface area (Å²) in [4.78, 5) is 12.0. The molecule has 1 aliphatic carbocycles. The van der Waals surface area contributed by atoms with Gasteiger partial charge in [0.05, 0.1) is 5.41 Å². The van der Waals surface area contributed by atoms with Crippen LogP contribution in [0.1, 0.15) is 25.3 Å². The number of halogens is 2. The summed E-state index contributed by atoms with van der Waals surface area (Å²) in [6, 6.07) is 6.95. The number of ketones is 1. The third kappa shape index (κ3) is 2.12. The summed E-state index contributed by atoms with van der Waals surface area (Å²) in [5, 5.41) is 0. The van der Waals surface area contributed by atoms with Crippen molar-refractivity contribution in [3.05, 3.63) is 29.8 Å². The molecule has 0 amide bonds. The average molecular weight is 242 g/mol. The third-order valence-electron chi connectivity index (χ3n) is 3.04. The fourth-order valence-corrected chi connectivity index (χ4v) is 2.50. The molecule has 0 saturated heterocycles. The van der Waals surface area contributed by atoms with Gasteiger partial charge < -0.3 is 0 Å². The molecule has 1 saturated carbocycles. The minimum Gasteiger partial charge on any atom is -0.299 e. The van der Waals surface area contributed by atoms with Gasteiger partial charge in [-0.25, -0.2) is 0 Å². The largest absolute Gasteiger partial charge is 0.299 e. The SMILES string of the molecule is CC(=O)C1(c2cccc(SC(F)F)c2)CC1. The van der Waals surface area contributed by atoms with Crippen LogP contribution in [0.3, 0.4) is 0 Å². The molecule has 1 aromatic rings. The van der Waals surface area contributed by atoms with Crippen LogP contribution in [-0.4, -0.2) is 11.5 Å². The van der Waals surface area contributed by atoms with Gasteiger partial charge in [0, 0.05) is 4.90 Å². The van der Waals surface area contributed by atoms with Crippen LogP contribution in [0.15, 0.2) is 29.2 Å². The lowest BCUT2D eigenvalue weighted by Gasteiger charge is -2.12. The van der Waals surface area contributed by atoms with E-state index >= 15 is 0 Å².